The van der Waals surface area contributed by atoms with E-state index in [1.54, 1.807) is 16.2 Å². The summed E-state index contributed by atoms with van der Waals surface area (Å²) in [6.07, 6.45) is 2.98. The van der Waals surface area contributed by atoms with Gasteiger partial charge in [0.1, 0.15) is 0 Å². The van der Waals surface area contributed by atoms with Crippen molar-refractivity contribution in [2.45, 2.75) is 45.2 Å². The molecule has 21 heavy (non-hydrogen) atoms. The first-order valence-corrected chi connectivity index (χ1v) is 8.70. The number of rotatable bonds is 5. The first kappa shape index (κ1) is 16.3. The molecule has 1 aliphatic rings. The summed E-state index contributed by atoms with van der Waals surface area (Å²) in [6, 6.07) is 3.09. The van der Waals surface area contributed by atoms with Crippen molar-refractivity contribution in [2.24, 2.45) is 0 Å². The SMILES string of the molecule is CCOC(=O)N(C)C1CCN(C(C)Cc2ccsc2)CC1. The molecule has 0 spiro atoms. The molecule has 4 nitrogen and oxygen atoms in total. The average Bonchev–Trinajstić information content (AvgIpc) is 3.00. The molecule has 0 N–H and O–H groups in total. The zero-order valence-electron chi connectivity index (χ0n) is 13.2. The maximum atomic E-state index is 11.8. The number of carbonyl (C=O) groups excluding carboxylic acids is 1. The van der Waals surface area contributed by atoms with E-state index >= 15 is 0 Å². The Balaban J connectivity index is 1.78. The van der Waals surface area contributed by atoms with Crippen LogP contribution in [0.4, 0.5) is 4.79 Å². The van der Waals surface area contributed by atoms with Crippen molar-refractivity contribution in [3.05, 3.63) is 22.4 Å². The summed E-state index contributed by atoms with van der Waals surface area (Å²) in [6.45, 7) is 6.70. The summed E-state index contributed by atoms with van der Waals surface area (Å²) in [7, 11) is 1.85. The molecule has 1 atom stereocenters. The fourth-order valence-corrected chi connectivity index (χ4v) is 3.65. The third-order valence-corrected chi connectivity index (χ3v) is 5.07. The van der Waals surface area contributed by atoms with Crippen LogP contribution < -0.4 is 0 Å². The molecule has 1 amide bonds. The lowest BCUT2D eigenvalue weighted by molar-refractivity contribution is 0.0721. The molecule has 1 fully saturated rings. The van der Waals surface area contributed by atoms with Gasteiger partial charge in [-0.3, -0.25) is 0 Å². The summed E-state index contributed by atoms with van der Waals surface area (Å²) < 4.78 is 5.08. The molecule has 0 saturated carbocycles. The van der Waals surface area contributed by atoms with E-state index in [2.05, 4.69) is 28.7 Å². The molecule has 5 heteroatoms. The number of hydrogen-bond donors (Lipinski definition) is 0. The Bertz CT molecular complexity index is 427. The Kier molecular flexibility index (Phi) is 6.06. The minimum absolute atomic E-state index is 0.192. The number of likely N-dealkylation sites (tertiary alicyclic amines) is 1. The average molecular weight is 310 g/mol. The maximum absolute atomic E-state index is 11.8. The van der Waals surface area contributed by atoms with Crippen LogP contribution in [-0.2, 0) is 11.2 Å². The number of amides is 1. The van der Waals surface area contributed by atoms with Crippen LogP contribution in [0, 0.1) is 0 Å². The van der Waals surface area contributed by atoms with Crippen LogP contribution in [0.5, 0.6) is 0 Å². The van der Waals surface area contributed by atoms with Crippen LogP contribution in [0.25, 0.3) is 0 Å². The second-order valence-corrected chi connectivity index (χ2v) is 6.54. The van der Waals surface area contributed by atoms with Crippen molar-refractivity contribution in [2.75, 3.05) is 26.7 Å². The van der Waals surface area contributed by atoms with E-state index in [-0.39, 0.29) is 6.09 Å². The number of nitrogens with zero attached hydrogens (tertiary/aromatic N) is 2. The number of ether oxygens (including phenoxy) is 1. The van der Waals surface area contributed by atoms with Gasteiger partial charge in [0.25, 0.3) is 0 Å². The number of piperidine rings is 1. The molecule has 1 aromatic heterocycles. The first-order valence-electron chi connectivity index (χ1n) is 7.76. The molecule has 0 bridgehead atoms. The van der Waals surface area contributed by atoms with E-state index in [0.29, 0.717) is 18.7 Å². The van der Waals surface area contributed by atoms with Crippen molar-refractivity contribution in [1.29, 1.82) is 0 Å². The Morgan fingerprint density at radius 3 is 2.81 bits per heavy atom. The highest BCUT2D eigenvalue weighted by Gasteiger charge is 2.27. The minimum Gasteiger partial charge on any atom is -0.450 e. The molecule has 2 heterocycles. The van der Waals surface area contributed by atoms with Crippen LogP contribution >= 0.6 is 11.3 Å². The van der Waals surface area contributed by atoms with Crippen molar-refractivity contribution in [3.8, 4) is 0 Å². The lowest BCUT2D eigenvalue weighted by Gasteiger charge is -2.39. The van der Waals surface area contributed by atoms with Gasteiger partial charge in [-0.1, -0.05) is 0 Å². The van der Waals surface area contributed by atoms with Gasteiger partial charge < -0.3 is 14.5 Å². The summed E-state index contributed by atoms with van der Waals surface area (Å²) in [5.41, 5.74) is 1.43. The third kappa shape index (κ3) is 4.45. The highest BCUT2D eigenvalue weighted by molar-refractivity contribution is 7.07. The van der Waals surface area contributed by atoms with E-state index < -0.39 is 0 Å². The van der Waals surface area contributed by atoms with Gasteiger partial charge in [0, 0.05) is 32.2 Å². The molecule has 118 valence electrons. The first-order chi connectivity index (χ1) is 10.1. The van der Waals surface area contributed by atoms with E-state index in [4.69, 9.17) is 4.74 Å². The topological polar surface area (TPSA) is 32.8 Å². The van der Waals surface area contributed by atoms with E-state index in [9.17, 15) is 4.79 Å². The maximum Gasteiger partial charge on any atom is 0.409 e. The summed E-state index contributed by atoms with van der Waals surface area (Å²) in [5.74, 6) is 0. The van der Waals surface area contributed by atoms with Crippen LogP contribution in [0.15, 0.2) is 16.8 Å². The lowest BCUT2D eigenvalue weighted by atomic mass is 10.0. The molecular weight excluding hydrogens is 284 g/mol. The highest BCUT2D eigenvalue weighted by atomic mass is 32.1. The van der Waals surface area contributed by atoms with Crippen molar-refractivity contribution < 1.29 is 9.53 Å². The van der Waals surface area contributed by atoms with Gasteiger partial charge in [0.05, 0.1) is 6.61 Å². The zero-order chi connectivity index (χ0) is 15.2. The molecule has 2 rings (SSSR count). The number of thiophene rings is 1. The van der Waals surface area contributed by atoms with Crippen LogP contribution in [0.3, 0.4) is 0 Å². The van der Waals surface area contributed by atoms with Crippen molar-refractivity contribution in [1.82, 2.24) is 9.80 Å². The van der Waals surface area contributed by atoms with Crippen LogP contribution in [-0.4, -0.2) is 54.7 Å². The van der Waals surface area contributed by atoms with E-state index in [0.717, 1.165) is 32.4 Å². The number of hydrogen-bond acceptors (Lipinski definition) is 4. The Hall–Kier alpha value is -1.07. The van der Waals surface area contributed by atoms with E-state index in [1.807, 2.05) is 14.0 Å². The standard InChI is InChI=1S/C16H26N2O2S/c1-4-20-16(19)17(3)15-5-8-18(9-6-15)13(2)11-14-7-10-21-12-14/h7,10,12-13,15H,4-6,8-9,11H2,1-3H3. The largest absolute Gasteiger partial charge is 0.450 e. The normalized spacial score (nSPS) is 18.4. The summed E-state index contributed by atoms with van der Waals surface area (Å²) in [4.78, 5) is 16.1. The molecule has 0 radical (unpaired) electrons. The van der Waals surface area contributed by atoms with Gasteiger partial charge in [0.15, 0.2) is 0 Å². The van der Waals surface area contributed by atoms with Crippen molar-refractivity contribution in [3.63, 3.8) is 0 Å². The fourth-order valence-electron chi connectivity index (χ4n) is 2.97. The molecule has 1 saturated heterocycles. The smallest absolute Gasteiger partial charge is 0.409 e. The predicted molar refractivity (Wildman–Crippen MR) is 86.9 cm³/mol. The van der Waals surface area contributed by atoms with Crippen molar-refractivity contribution >= 4 is 17.4 Å². The minimum atomic E-state index is -0.192. The van der Waals surface area contributed by atoms with Crippen LogP contribution in [0.1, 0.15) is 32.3 Å². The fraction of sp³-hybridized carbons (Fsp3) is 0.688. The quantitative estimate of drug-likeness (QED) is 0.837. The second-order valence-electron chi connectivity index (χ2n) is 5.76. The second kappa shape index (κ2) is 7.80. The van der Waals surface area contributed by atoms with Crippen LogP contribution in [0.2, 0.25) is 0 Å². The monoisotopic (exact) mass is 310 g/mol. The molecule has 0 aliphatic carbocycles. The van der Waals surface area contributed by atoms with Gasteiger partial charge in [-0.05, 0) is 55.5 Å². The number of carbonyl (C=O) groups is 1. The molecule has 1 aliphatic heterocycles. The highest BCUT2D eigenvalue weighted by Crippen LogP contribution is 2.20. The van der Waals surface area contributed by atoms with E-state index in [1.165, 1.54) is 5.56 Å². The molecule has 1 aromatic rings. The zero-order valence-corrected chi connectivity index (χ0v) is 14.1. The van der Waals surface area contributed by atoms with Gasteiger partial charge in [-0.2, -0.15) is 11.3 Å². The third-order valence-electron chi connectivity index (χ3n) is 4.34. The predicted octanol–water partition coefficient (Wildman–Crippen LogP) is 3.23. The summed E-state index contributed by atoms with van der Waals surface area (Å²) >= 11 is 1.76. The molecular formula is C16H26N2O2S. The van der Waals surface area contributed by atoms with Gasteiger partial charge in [-0.15, -0.1) is 0 Å². The molecule has 1 unspecified atom stereocenters. The van der Waals surface area contributed by atoms with Gasteiger partial charge in [-0.25, -0.2) is 4.79 Å². The lowest BCUT2D eigenvalue weighted by Crippen LogP contribution is -2.48. The van der Waals surface area contributed by atoms with Gasteiger partial charge in [0.2, 0.25) is 0 Å². The Morgan fingerprint density at radius 1 is 1.52 bits per heavy atom. The Morgan fingerprint density at radius 2 is 2.24 bits per heavy atom. The van der Waals surface area contributed by atoms with Gasteiger partial charge >= 0.3 is 6.09 Å². The Labute approximate surface area is 131 Å². The summed E-state index contributed by atoms with van der Waals surface area (Å²) in [5, 5.41) is 4.38. The molecule has 0 aromatic carbocycles.